The Balaban J connectivity index is 1.68. The van der Waals surface area contributed by atoms with E-state index in [4.69, 9.17) is 4.74 Å². The van der Waals surface area contributed by atoms with Crippen LogP contribution < -0.4 is 4.74 Å². The molecule has 2 nitrogen and oxygen atoms in total. The molecule has 0 saturated heterocycles. The van der Waals surface area contributed by atoms with Crippen LogP contribution >= 0.6 is 43.6 Å². The number of halogens is 2. The first-order valence-corrected chi connectivity index (χ1v) is 10.7. The van der Waals surface area contributed by atoms with Gasteiger partial charge in [-0.2, -0.15) is 0 Å². The number of hydrogen-bond acceptors (Lipinski definition) is 3. The maximum atomic E-state index is 12.7. The number of benzene rings is 3. The highest BCUT2D eigenvalue weighted by atomic mass is 79.9. The van der Waals surface area contributed by atoms with Gasteiger partial charge in [-0.3, -0.25) is 4.79 Å². The lowest BCUT2D eigenvalue weighted by Gasteiger charge is -2.13. The largest absolute Gasteiger partial charge is 0.487 e. The van der Waals surface area contributed by atoms with Crippen molar-refractivity contribution in [3.05, 3.63) is 97.3 Å². The molecule has 4 rings (SSSR count). The van der Waals surface area contributed by atoms with Gasteiger partial charge in [0.15, 0.2) is 0 Å². The van der Waals surface area contributed by atoms with Crippen molar-refractivity contribution in [3.8, 4) is 5.75 Å². The number of ether oxygens (including phenoxy) is 1. The summed E-state index contributed by atoms with van der Waals surface area (Å²) >= 11 is 8.62. The molecular formula is C22H14Br2O2S. The highest BCUT2D eigenvalue weighted by molar-refractivity contribution is 9.11. The van der Waals surface area contributed by atoms with E-state index in [9.17, 15) is 4.79 Å². The zero-order valence-corrected chi connectivity index (χ0v) is 18.1. The summed E-state index contributed by atoms with van der Waals surface area (Å²) in [6.07, 6.45) is 1.91. The topological polar surface area (TPSA) is 26.3 Å². The first-order chi connectivity index (χ1) is 13.1. The van der Waals surface area contributed by atoms with Gasteiger partial charge in [-0.25, -0.2) is 0 Å². The molecule has 3 aromatic carbocycles. The molecule has 1 heterocycles. The number of Topliss-reactive ketones (excluding diaryl/α,β-unsaturated/α-hetero) is 1. The highest BCUT2D eigenvalue weighted by Gasteiger charge is 2.25. The molecule has 3 aromatic rings. The van der Waals surface area contributed by atoms with E-state index in [0.717, 1.165) is 36.3 Å². The molecule has 134 valence electrons. The van der Waals surface area contributed by atoms with Crippen LogP contribution in [0.4, 0.5) is 0 Å². The first kappa shape index (κ1) is 18.5. The molecule has 0 N–H and O–H groups in total. The van der Waals surface area contributed by atoms with E-state index < -0.39 is 0 Å². The Morgan fingerprint density at radius 2 is 1.70 bits per heavy atom. The van der Waals surface area contributed by atoms with E-state index in [2.05, 4.69) is 31.9 Å². The summed E-state index contributed by atoms with van der Waals surface area (Å²) < 4.78 is 7.86. The summed E-state index contributed by atoms with van der Waals surface area (Å²) in [5.74, 6) is 0.777. The molecule has 1 aliphatic rings. The third-order valence-corrected chi connectivity index (χ3v) is 6.27. The maximum Gasteiger partial charge on any atom is 0.200 e. The van der Waals surface area contributed by atoms with Crippen molar-refractivity contribution in [2.24, 2.45) is 0 Å². The normalized spacial score (nSPS) is 14.4. The second-order valence-corrected chi connectivity index (χ2v) is 8.87. The van der Waals surface area contributed by atoms with Gasteiger partial charge < -0.3 is 4.74 Å². The third kappa shape index (κ3) is 4.05. The second-order valence-electron chi connectivity index (χ2n) is 6.02. The van der Waals surface area contributed by atoms with Gasteiger partial charge in [0.25, 0.3) is 0 Å². The average molecular weight is 502 g/mol. The summed E-state index contributed by atoms with van der Waals surface area (Å²) in [7, 11) is 0. The standard InChI is InChI=1S/C22H14Br2O2S/c23-16-10-15(11-20-21(25)17-8-4-5-9-19(17)27-20)22(18(24)12-16)26-13-14-6-2-1-3-7-14/h1-12H,13H2/b20-11+. The lowest BCUT2D eigenvalue weighted by Crippen LogP contribution is -1.99. The molecule has 0 amide bonds. The Morgan fingerprint density at radius 1 is 0.963 bits per heavy atom. The van der Waals surface area contributed by atoms with Crippen LogP contribution in [0.15, 0.2) is 85.5 Å². The molecule has 5 heteroatoms. The number of fused-ring (bicyclic) bond motifs is 1. The number of carbonyl (C=O) groups excluding carboxylic acids is 1. The molecule has 0 radical (unpaired) electrons. The van der Waals surface area contributed by atoms with E-state index in [0.29, 0.717) is 11.5 Å². The van der Waals surface area contributed by atoms with E-state index in [1.165, 1.54) is 11.8 Å². The lowest BCUT2D eigenvalue weighted by atomic mass is 10.1. The zero-order valence-electron chi connectivity index (χ0n) is 14.1. The van der Waals surface area contributed by atoms with Crippen molar-refractivity contribution in [1.29, 1.82) is 0 Å². The lowest BCUT2D eigenvalue weighted by molar-refractivity contribution is 0.104. The predicted molar refractivity (Wildman–Crippen MR) is 117 cm³/mol. The number of ketones is 1. The number of thioether (sulfide) groups is 1. The molecule has 0 saturated carbocycles. The summed E-state index contributed by atoms with van der Waals surface area (Å²) in [4.78, 5) is 14.4. The van der Waals surface area contributed by atoms with Crippen LogP contribution in [0, 0.1) is 0 Å². The van der Waals surface area contributed by atoms with Gasteiger partial charge in [0.05, 0.1) is 9.38 Å². The van der Waals surface area contributed by atoms with Crippen LogP contribution in [0.25, 0.3) is 6.08 Å². The van der Waals surface area contributed by atoms with E-state index in [-0.39, 0.29) is 5.78 Å². The van der Waals surface area contributed by atoms with Gasteiger partial charge >= 0.3 is 0 Å². The molecule has 0 atom stereocenters. The monoisotopic (exact) mass is 500 g/mol. The maximum absolute atomic E-state index is 12.7. The highest BCUT2D eigenvalue weighted by Crippen LogP contribution is 2.43. The van der Waals surface area contributed by atoms with Gasteiger partial charge in [0.2, 0.25) is 5.78 Å². The van der Waals surface area contributed by atoms with Crippen LogP contribution in [0.2, 0.25) is 0 Å². The summed E-state index contributed by atoms with van der Waals surface area (Å²) in [6.45, 7) is 0.457. The zero-order chi connectivity index (χ0) is 18.8. The summed E-state index contributed by atoms with van der Waals surface area (Å²) in [6, 6.07) is 21.6. The van der Waals surface area contributed by atoms with Crippen molar-refractivity contribution in [1.82, 2.24) is 0 Å². The van der Waals surface area contributed by atoms with Crippen molar-refractivity contribution in [3.63, 3.8) is 0 Å². The number of rotatable bonds is 4. The van der Waals surface area contributed by atoms with Crippen molar-refractivity contribution < 1.29 is 9.53 Å². The third-order valence-electron chi connectivity index (χ3n) is 4.13. The van der Waals surface area contributed by atoms with Crippen LogP contribution in [-0.2, 0) is 6.61 Å². The van der Waals surface area contributed by atoms with Crippen molar-refractivity contribution in [2.45, 2.75) is 11.5 Å². The number of carbonyl (C=O) groups is 1. The minimum Gasteiger partial charge on any atom is -0.487 e. The Bertz CT molecular complexity index is 1050. The van der Waals surface area contributed by atoms with Crippen LogP contribution in [0.3, 0.4) is 0 Å². The minimum absolute atomic E-state index is 0.0562. The smallest absolute Gasteiger partial charge is 0.200 e. The molecule has 0 aromatic heterocycles. The number of allylic oxidation sites excluding steroid dienone is 1. The molecule has 27 heavy (non-hydrogen) atoms. The Hall–Kier alpha value is -1.82. The Kier molecular flexibility index (Phi) is 5.53. The van der Waals surface area contributed by atoms with Gasteiger partial charge in [-0.15, -0.1) is 0 Å². The van der Waals surface area contributed by atoms with Crippen molar-refractivity contribution in [2.75, 3.05) is 0 Å². The van der Waals surface area contributed by atoms with E-state index >= 15 is 0 Å². The molecule has 0 unspecified atom stereocenters. The molecule has 0 fully saturated rings. The van der Waals surface area contributed by atoms with E-state index in [1.54, 1.807) is 0 Å². The minimum atomic E-state index is 0.0562. The van der Waals surface area contributed by atoms with Gasteiger partial charge in [-0.1, -0.05) is 70.2 Å². The summed E-state index contributed by atoms with van der Waals surface area (Å²) in [5, 5.41) is 0. The Morgan fingerprint density at radius 3 is 2.48 bits per heavy atom. The SMILES string of the molecule is O=C1/C(=C\c2cc(Br)cc(Br)c2OCc2ccccc2)Sc2ccccc21. The fourth-order valence-electron chi connectivity index (χ4n) is 2.85. The quantitative estimate of drug-likeness (QED) is 0.356. The van der Waals surface area contributed by atoms with Gasteiger partial charge in [-0.05, 0) is 51.8 Å². The van der Waals surface area contributed by atoms with E-state index in [1.807, 2.05) is 72.8 Å². The van der Waals surface area contributed by atoms with Crippen LogP contribution in [0.1, 0.15) is 21.5 Å². The molecule has 0 spiro atoms. The first-order valence-electron chi connectivity index (χ1n) is 8.31. The average Bonchev–Trinajstić information content (AvgIpc) is 2.98. The molecule has 1 aliphatic heterocycles. The second kappa shape index (κ2) is 8.05. The van der Waals surface area contributed by atoms with Crippen LogP contribution in [-0.4, -0.2) is 5.78 Å². The van der Waals surface area contributed by atoms with Gasteiger partial charge in [0.1, 0.15) is 12.4 Å². The van der Waals surface area contributed by atoms with Crippen LogP contribution in [0.5, 0.6) is 5.75 Å². The summed E-state index contributed by atoms with van der Waals surface area (Å²) in [5.41, 5.74) is 2.70. The fraction of sp³-hybridized carbons (Fsp3) is 0.0455. The predicted octanol–water partition coefficient (Wildman–Crippen LogP) is 7.12. The van der Waals surface area contributed by atoms with Gasteiger partial charge in [0, 0.05) is 20.5 Å². The molecule has 0 aliphatic carbocycles. The van der Waals surface area contributed by atoms with Crippen molar-refractivity contribution >= 4 is 55.5 Å². The molecule has 0 bridgehead atoms. The fourth-order valence-corrected chi connectivity index (χ4v) is 5.26. The Labute approximate surface area is 178 Å². The molecular weight excluding hydrogens is 488 g/mol. The number of hydrogen-bond donors (Lipinski definition) is 0.